The van der Waals surface area contributed by atoms with Gasteiger partial charge in [-0.1, -0.05) is 11.6 Å². The molecule has 0 aromatic carbocycles. The highest BCUT2D eigenvalue weighted by Gasteiger charge is 2.15. The fourth-order valence-corrected chi connectivity index (χ4v) is 4.37. The molecule has 0 saturated carbocycles. The van der Waals surface area contributed by atoms with Crippen molar-refractivity contribution in [1.82, 2.24) is 9.97 Å². The second-order valence-electron chi connectivity index (χ2n) is 3.87. The molecule has 2 rings (SSSR count). The highest BCUT2D eigenvalue weighted by molar-refractivity contribution is 8.06. The molecule has 1 aromatic heterocycles. The van der Waals surface area contributed by atoms with Crippen molar-refractivity contribution in [3.8, 4) is 0 Å². The van der Waals surface area contributed by atoms with E-state index in [0.717, 1.165) is 18.9 Å². The summed E-state index contributed by atoms with van der Waals surface area (Å²) in [7, 11) is 0. The third-order valence-electron chi connectivity index (χ3n) is 2.46. The average molecular weight is 305 g/mol. The molecular weight excluding hydrogens is 288 g/mol. The molecule has 2 heterocycles. The zero-order valence-corrected chi connectivity index (χ0v) is 12.7. The van der Waals surface area contributed by atoms with Crippen LogP contribution in [0.4, 0.5) is 11.8 Å². The number of hydrogen-bond acceptors (Lipinski definition) is 6. The molecule has 1 atom stereocenters. The fraction of sp³-hybridized carbons (Fsp3) is 0.636. The van der Waals surface area contributed by atoms with Gasteiger partial charge in [-0.3, -0.25) is 0 Å². The monoisotopic (exact) mass is 304 g/mol. The fourth-order valence-electron chi connectivity index (χ4n) is 1.60. The van der Waals surface area contributed by atoms with Crippen molar-refractivity contribution in [2.75, 3.05) is 41.0 Å². The molecule has 1 aliphatic heterocycles. The van der Waals surface area contributed by atoms with Crippen LogP contribution < -0.4 is 10.6 Å². The molecule has 0 bridgehead atoms. The first-order valence-corrected chi connectivity index (χ1v) is 8.57. The molecule has 0 amide bonds. The van der Waals surface area contributed by atoms with Gasteiger partial charge in [0.2, 0.25) is 5.95 Å². The Morgan fingerprint density at radius 2 is 2.33 bits per heavy atom. The van der Waals surface area contributed by atoms with Crippen LogP contribution in [0, 0.1) is 0 Å². The maximum Gasteiger partial charge on any atom is 0.224 e. The van der Waals surface area contributed by atoms with Crippen LogP contribution in [0.15, 0.2) is 6.20 Å². The summed E-state index contributed by atoms with van der Waals surface area (Å²) >= 11 is 10.1. The minimum atomic E-state index is 0.574. The van der Waals surface area contributed by atoms with Gasteiger partial charge < -0.3 is 10.6 Å². The highest BCUT2D eigenvalue weighted by atomic mass is 35.5. The Kier molecular flexibility index (Phi) is 5.72. The summed E-state index contributed by atoms with van der Waals surface area (Å²) in [5, 5.41) is 7.62. The molecule has 0 aliphatic carbocycles. The van der Waals surface area contributed by atoms with E-state index < -0.39 is 0 Å². The molecule has 2 N–H and O–H groups in total. The van der Waals surface area contributed by atoms with Crippen LogP contribution in [0.2, 0.25) is 5.02 Å². The van der Waals surface area contributed by atoms with Crippen molar-refractivity contribution in [3.63, 3.8) is 0 Å². The summed E-state index contributed by atoms with van der Waals surface area (Å²) in [5.41, 5.74) is 0. The first kappa shape index (κ1) is 14.1. The first-order valence-electron chi connectivity index (χ1n) is 5.99. The van der Waals surface area contributed by atoms with Crippen LogP contribution in [-0.2, 0) is 0 Å². The SMILES string of the molecule is CCNc1ncc(Cl)c(NCC2CSCCS2)n1. The quantitative estimate of drug-likeness (QED) is 0.872. The molecule has 1 fully saturated rings. The predicted molar refractivity (Wildman–Crippen MR) is 83.3 cm³/mol. The van der Waals surface area contributed by atoms with Gasteiger partial charge in [0.05, 0.1) is 6.20 Å². The molecule has 1 saturated heterocycles. The second kappa shape index (κ2) is 7.31. The van der Waals surface area contributed by atoms with E-state index in [-0.39, 0.29) is 0 Å². The Balaban J connectivity index is 1.92. The summed E-state index contributed by atoms with van der Waals surface area (Å²) < 4.78 is 0. The van der Waals surface area contributed by atoms with Gasteiger partial charge in [0, 0.05) is 35.6 Å². The van der Waals surface area contributed by atoms with Crippen molar-refractivity contribution < 1.29 is 0 Å². The molecule has 1 unspecified atom stereocenters. The highest BCUT2D eigenvalue weighted by Crippen LogP contribution is 2.25. The van der Waals surface area contributed by atoms with Gasteiger partial charge in [-0.05, 0) is 6.92 Å². The lowest BCUT2D eigenvalue weighted by Gasteiger charge is -2.21. The van der Waals surface area contributed by atoms with Crippen molar-refractivity contribution in [3.05, 3.63) is 11.2 Å². The van der Waals surface area contributed by atoms with Crippen LogP contribution in [0.3, 0.4) is 0 Å². The number of aromatic nitrogens is 2. The predicted octanol–water partition coefficient (Wildman–Crippen LogP) is 2.82. The molecule has 7 heteroatoms. The van der Waals surface area contributed by atoms with Crippen LogP contribution in [0.25, 0.3) is 0 Å². The number of hydrogen-bond donors (Lipinski definition) is 2. The Morgan fingerprint density at radius 1 is 1.44 bits per heavy atom. The van der Waals surface area contributed by atoms with E-state index >= 15 is 0 Å². The maximum atomic E-state index is 6.09. The third kappa shape index (κ3) is 4.10. The molecular formula is C11H17ClN4S2. The maximum absolute atomic E-state index is 6.09. The summed E-state index contributed by atoms with van der Waals surface area (Å²) in [6.45, 7) is 3.72. The largest absolute Gasteiger partial charge is 0.368 e. The van der Waals surface area contributed by atoms with E-state index in [0.29, 0.717) is 16.2 Å². The van der Waals surface area contributed by atoms with E-state index in [1.807, 2.05) is 30.4 Å². The van der Waals surface area contributed by atoms with Gasteiger partial charge in [0.25, 0.3) is 0 Å². The molecule has 4 nitrogen and oxygen atoms in total. The number of halogens is 1. The first-order chi connectivity index (χ1) is 8.79. The molecule has 1 aromatic rings. The van der Waals surface area contributed by atoms with E-state index in [2.05, 4.69) is 20.6 Å². The van der Waals surface area contributed by atoms with Gasteiger partial charge in [-0.15, -0.1) is 0 Å². The molecule has 18 heavy (non-hydrogen) atoms. The number of thioether (sulfide) groups is 2. The second-order valence-corrected chi connectivity index (χ2v) is 6.83. The topological polar surface area (TPSA) is 49.8 Å². The summed E-state index contributed by atoms with van der Waals surface area (Å²) in [5.74, 6) is 5.03. The zero-order valence-electron chi connectivity index (χ0n) is 10.3. The third-order valence-corrected chi connectivity index (χ3v) is 5.58. The van der Waals surface area contributed by atoms with Crippen LogP contribution in [-0.4, -0.2) is 45.6 Å². The van der Waals surface area contributed by atoms with Crippen LogP contribution in [0.1, 0.15) is 6.92 Å². The zero-order chi connectivity index (χ0) is 12.8. The van der Waals surface area contributed by atoms with Gasteiger partial charge >= 0.3 is 0 Å². The van der Waals surface area contributed by atoms with Crippen molar-refractivity contribution >= 4 is 46.9 Å². The summed E-state index contributed by atoms with van der Waals surface area (Å²) in [6.07, 6.45) is 1.64. The van der Waals surface area contributed by atoms with Gasteiger partial charge in [-0.25, -0.2) is 4.98 Å². The lowest BCUT2D eigenvalue weighted by molar-refractivity contribution is 0.984. The number of rotatable bonds is 5. The van der Waals surface area contributed by atoms with Gasteiger partial charge in [0.1, 0.15) is 5.02 Å². The normalized spacial score (nSPS) is 19.6. The molecule has 0 spiro atoms. The van der Waals surface area contributed by atoms with Crippen molar-refractivity contribution in [2.24, 2.45) is 0 Å². The van der Waals surface area contributed by atoms with Gasteiger partial charge in [-0.2, -0.15) is 28.5 Å². The summed E-state index contributed by atoms with van der Waals surface area (Å²) in [6, 6.07) is 0. The Labute approximate surface area is 121 Å². The lowest BCUT2D eigenvalue weighted by atomic mass is 10.4. The lowest BCUT2D eigenvalue weighted by Crippen LogP contribution is -2.23. The Bertz CT molecular complexity index is 385. The standard InChI is InChI=1S/C11H17ClN4S2/c1-2-13-11-15-6-9(12)10(16-11)14-5-8-7-17-3-4-18-8/h6,8H,2-5,7H2,1H3,(H2,13,14,15,16). The van der Waals surface area contributed by atoms with Crippen molar-refractivity contribution in [2.45, 2.75) is 12.2 Å². The molecule has 100 valence electrons. The van der Waals surface area contributed by atoms with Crippen LogP contribution >= 0.6 is 35.1 Å². The van der Waals surface area contributed by atoms with E-state index in [1.165, 1.54) is 17.3 Å². The molecule has 0 radical (unpaired) electrons. The van der Waals surface area contributed by atoms with E-state index in [9.17, 15) is 0 Å². The smallest absolute Gasteiger partial charge is 0.224 e. The minimum absolute atomic E-state index is 0.574. The minimum Gasteiger partial charge on any atom is -0.368 e. The number of anilines is 2. The van der Waals surface area contributed by atoms with E-state index in [4.69, 9.17) is 11.6 Å². The number of nitrogens with zero attached hydrogens (tertiary/aromatic N) is 2. The average Bonchev–Trinajstić information content (AvgIpc) is 2.41. The molecule has 1 aliphatic rings. The van der Waals surface area contributed by atoms with E-state index in [1.54, 1.807) is 6.20 Å². The van der Waals surface area contributed by atoms with Crippen molar-refractivity contribution in [1.29, 1.82) is 0 Å². The summed E-state index contributed by atoms with van der Waals surface area (Å²) in [4.78, 5) is 8.49. The Hall–Kier alpha value is -0.330. The Morgan fingerprint density at radius 3 is 3.06 bits per heavy atom. The van der Waals surface area contributed by atoms with Gasteiger partial charge in [0.15, 0.2) is 5.82 Å². The van der Waals surface area contributed by atoms with Crippen LogP contribution in [0.5, 0.6) is 0 Å². The number of nitrogens with one attached hydrogen (secondary N) is 2.